The predicted octanol–water partition coefficient (Wildman–Crippen LogP) is 1.47. The Morgan fingerprint density at radius 2 is 2.40 bits per heavy atom. The van der Waals surface area contributed by atoms with Crippen LogP contribution in [0.15, 0.2) is 18.2 Å². The summed E-state index contributed by atoms with van der Waals surface area (Å²) < 4.78 is 0. The molecule has 2 rings (SSSR count). The first kappa shape index (κ1) is 9.83. The first-order chi connectivity index (χ1) is 7.16. The predicted molar refractivity (Wildman–Crippen MR) is 58.8 cm³/mol. The Labute approximate surface area is 88.1 Å². The van der Waals surface area contributed by atoms with E-state index in [0.29, 0.717) is 0 Å². The highest BCUT2D eigenvalue weighted by molar-refractivity contribution is 5.70. The zero-order chi connectivity index (χ0) is 10.8. The lowest BCUT2D eigenvalue weighted by Gasteiger charge is -2.26. The molecule has 0 amide bonds. The van der Waals surface area contributed by atoms with E-state index in [4.69, 9.17) is 10.8 Å². The van der Waals surface area contributed by atoms with Crippen molar-refractivity contribution in [2.75, 3.05) is 11.1 Å². The molecule has 0 saturated carbocycles. The molecule has 1 atom stereocenters. The van der Waals surface area contributed by atoms with Gasteiger partial charge in [-0.3, -0.25) is 4.79 Å². The molecule has 1 heterocycles. The highest BCUT2D eigenvalue weighted by Crippen LogP contribution is 2.29. The number of hydrogen-bond donors (Lipinski definition) is 3. The van der Waals surface area contributed by atoms with Gasteiger partial charge in [-0.25, -0.2) is 0 Å². The van der Waals surface area contributed by atoms with Gasteiger partial charge in [0.05, 0.1) is 6.42 Å². The molecule has 1 aromatic carbocycles. The average Bonchev–Trinajstić information content (AvgIpc) is 2.17. The van der Waals surface area contributed by atoms with Gasteiger partial charge in [0.25, 0.3) is 0 Å². The van der Waals surface area contributed by atoms with Gasteiger partial charge in [0, 0.05) is 17.4 Å². The van der Waals surface area contributed by atoms with E-state index in [1.807, 2.05) is 18.2 Å². The van der Waals surface area contributed by atoms with Crippen LogP contribution in [0.4, 0.5) is 11.4 Å². The quantitative estimate of drug-likeness (QED) is 0.640. The van der Waals surface area contributed by atoms with E-state index in [1.54, 1.807) is 0 Å². The molecule has 0 saturated heterocycles. The summed E-state index contributed by atoms with van der Waals surface area (Å²) in [6.45, 7) is 0. The van der Waals surface area contributed by atoms with Crippen molar-refractivity contribution in [1.29, 1.82) is 0 Å². The molecule has 4 N–H and O–H groups in total. The third-order valence-electron chi connectivity index (χ3n) is 2.74. The third-order valence-corrected chi connectivity index (χ3v) is 2.74. The topological polar surface area (TPSA) is 75.4 Å². The second-order valence-electron chi connectivity index (χ2n) is 3.85. The molecule has 0 radical (unpaired) electrons. The maximum Gasteiger partial charge on any atom is 0.305 e. The molecule has 4 heteroatoms. The zero-order valence-corrected chi connectivity index (χ0v) is 8.36. The Balaban J connectivity index is 2.17. The Morgan fingerprint density at radius 3 is 3.13 bits per heavy atom. The van der Waals surface area contributed by atoms with Gasteiger partial charge >= 0.3 is 5.97 Å². The molecule has 1 aliphatic rings. The Bertz CT molecular complexity index is 390. The van der Waals surface area contributed by atoms with E-state index < -0.39 is 5.97 Å². The first-order valence-electron chi connectivity index (χ1n) is 5.02. The lowest BCUT2D eigenvalue weighted by molar-refractivity contribution is -0.137. The number of nitrogen functional groups attached to an aromatic ring is 1. The summed E-state index contributed by atoms with van der Waals surface area (Å²) in [6, 6.07) is 5.72. The van der Waals surface area contributed by atoms with Gasteiger partial charge in [0.1, 0.15) is 0 Å². The van der Waals surface area contributed by atoms with Crippen molar-refractivity contribution < 1.29 is 9.90 Å². The minimum Gasteiger partial charge on any atom is -0.481 e. The molecule has 1 aliphatic heterocycles. The number of carboxylic acids is 1. The lowest BCUT2D eigenvalue weighted by atomic mass is 9.95. The van der Waals surface area contributed by atoms with E-state index in [2.05, 4.69) is 5.32 Å². The monoisotopic (exact) mass is 206 g/mol. The van der Waals surface area contributed by atoms with Gasteiger partial charge in [-0.2, -0.15) is 0 Å². The minimum absolute atomic E-state index is 0.0248. The van der Waals surface area contributed by atoms with Crippen LogP contribution in [0.5, 0.6) is 0 Å². The number of rotatable bonds is 2. The zero-order valence-electron chi connectivity index (χ0n) is 8.36. The molecule has 4 nitrogen and oxygen atoms in total. The summed E-state index contributed by atoms with van der Waals surface area (Å²) in [5, 5.41) is 11.9. The molecule has 0 aliphatic carbocycles. The Hall–Kier alpha value is -1.71. The summed E-state index contributed by atoms with van der Waals surface area (Å²) in [4.78, 5) is 10.6. The molecule has 1 unspecified atom stereocenters. The molecule has 0 spiro atoms. The second kappa shape index (κ2) is 3.81. The van der Waals surface area contributed by atoms with E-state index >= 15 is 0 Å². The lowest BCUT2D eigenvalue weighted by Crippen LogP contribution is -2.28. The molecular weight excluding hydrogens is 192 g/mol. The van der Waals surface area contributed by atoms with Crippen LogP contribution < -0.4 is 11.1 Å². The summed E-state index contributed by atoms with van der Waals surface area (Å²) in [7, 11) is 0. The highest BCUT2D eigenvalue weighted by atomic mass is 16.4. The van der Waals surface area contributed by atoms with Crippen molar-refractivity contribution in [3.05, 3.63) is 23.8 Å². The normalized spacial score (nSPS) is 19.1. The molecule has 1 aromatic rings. The van der Waals surface area contributed by atoms with Crippen LogP contribution in [0.3, 0.4) is 0 Å². The largest absolute Gasteiger partial charge is 0.481 e. The van der Waals surface area contributed by atoms with E-state index in [-0.39, 0.29) is 12.5 Å². The molecule has 0 aromatic heterocycles. The van der Waals surface area contributed by atoms with Crippen molar-refractivity contribution in [1.82, 2.24) is 0 Å². The molecule has 15 heavy (non-hydrogen) atoms. The fourth-order valence-electron chi connectivity index (χ4n) is 1.99. The summed E-state index contributed by atoms with van der Waals surface area (Å²) >= 11 is 0. The second-order valence-corrected chi connectivity index (χ2v) is 3.85. The van der Waals surface area contributed by atoms with Gasteiger partial charge in [-0.15, -0.1) is 0 Å². The van der Waals surface area contributed by atoms with Crippen LogP contribution in [0.25, 0.3) is 0 Å². The van der Waals surface area contributed by atoms with Crippen molar-refractivity contribution >= 4 is 17.3 Å². The Morgan fingerprint density at radius 1 is 1.60 bits per heavy atom. The summed E-state index contributed by atoms with van der Waals surface area (Å²) in [5.74, 6) is -0.764. The van der Waals surface area contributed by atoms with Gasteiger partial charge in [0.2, 0.25) is 0 Å². The number of carboxylic acid groups (broad SMARTS) is 1. The number of nitrogens with two attached hydrogens (primary N) is 1. The van der Waals surface area contributed by atoms with Crippen molar-refractivity contribution in [2.45, 2.75) is 25.3 Å². The maximum absolute atomic E-state index is 10.6. The summed E-state index contributed by atoms with van der Waals surface area (Å²) in [5.41, 5.74) is 8.71. The van der Waals surface area contributed by atoms with Crippen LogP contribution in [0.2, 0.25) is 0 Å². The van der Waals surface area contributed by atoms with Gasteiger partial charge in [-0.05, 0) is 30.5 Å². The first-order valence-corrected chi connectivity index (χ1v) is 5.02. The van der Waals surface area contributed by atoms with Crippen LogP contribution in [0, 0.1) is 0 Å². The van der Waals surface area contributed by atoms with Gasteiger partial charge in [0.15, 0.2) is 0 Å². The Kier molecular flexibility index (Phi) is 2.49. The van der Waals surface area contributed by atoms with Crippen LogP contribution in [-0.4, -0.2) is 17.1 Å². The van der Waals surface area contributed by atoms with Gasteiger partial charge in [-0.1, -0.05) is 6.07 Å². The number of anilines is 2. The standard InChI is InChI=1S/C11H14N2O2/c12-9-2-1-3-10-8(9)5-4-7(13-10)6-11(14)15/h1-3,7,13H,4-6,12H2,(H,14,15). The molecular formula is C11H14N2O2. The SMILES string of the molecule is Nc1cccc2c1CCC(CC(=O)O)N2. The van der Waals surface area contributed by atoms with Gasteiger partial charge < -0.3 is 16.2 Å². The van der Waals surface area contributed by atoms with Crippen molar-refractivity contribution in [3.63, 3.8) is 0 Å². The highest BCUT2D eigenvalue weighted by Gasteiger charge is 2.20. The van der Waals surface area contributed by atoms with Crippen molar-refractivity contribution in [2.24, 2.45) is 0 Å². The van der Waals surface area contributed by atoms with E-state index in [0.717, 1.165) is 29.8 Å². The van der Waals surface area contributed by atoms with Crippen LogP contribution in [-0.2, 0) is 11.2 Å². The molecule has 0 fully saturated rings. The van der Waals surface area contributed by atoms with E-state index in [9.17, 15) is 4.79 Å². The number of hydrogen-bond acceptors (Lipinski definition) is 3. The summed E-state index contributed by atoms with van der Waals surface area (Å²) in [6.07, 6.45) is 1.84. The minimum atomic E-state index is -0.764. The van der Waals surface area contributed by atoms with Crippen LogP contribution >= 0.6 is 0 Å². The smallest absolute Gasteiger partial charge is 0.305 e. The average molecular weight is 206 g/mol. The number of carbonyl (C=O) groups is 1. The fourth-order valence-corrected chi connectivity index (χ4v) is 1.99. The maximum atomic E-state index is 10.6. The number of fused-ring (bicyclic) bond motifs is 1. The van der Waals surface area contributed by atoms with E-state index in [1.165, 1.54) is 0 Å². The van der Waals surface area contributed by atoms with Crippen molar-refractivity contribution in [3.8, 4) is 0 Å². The molecule has 80 valence electrons. The number of aliphatic carboxylic acids is 1. The fraction of sp³-hybridized carbons (Fsp3) is 0.364. The number of nitrogens with one attached hydrogen (secondary N) is 1. The van der Waals surface area contributed by atoms with Crippen LogP contribution in [0.1, 0.15) is 18.4 Å². The third kappa shape index (κ3) is 2.03. The number of benzene rings is 1. The molecule has 0 bridgehead atoms.